The van der Waals surface area contributed by atoms with Crippen molar-refractivity contribution in [1.82, 2.24) is 0 Å². The summed E-state index contributed by atoms with van der Waals surface area (Å²) in [5.74, 6) is 1.85. The predicted octanol–water partition coefficient (Wildman–Crippen LogP) is 5.68. The molecule has 2 aliphatic rings. The first-order valence-electron chi connectivity index (χ1n) is 8.58. The largest absolute Gasteiger partial charge is 0.433 e. The molecule has 1 aliphatic carbocycles. The summed E-state index contributed by atoms with van der Waals surface area (Å²) in [4.78, 5) is 2.62. The van der Waals surface area contributed by atoms with Crippen LogP contribution in [0.15, 0.2) is 45.4 Å². The topological polar surface area (TPSA) is 29.5 Å². The summed E-state index contributed by atoms with van der Waals surface area (Å²) < 4.78 is 11.8. The lowest BCUT2D eigenvalue weighted by Gasteiger charge is -2.40. The van der Waals surface area contributed by atoms with E-state index in [1.165, 1.54) is 29.7 Å². The van der Waals surface area contributed by atoms with Crippen LogP contribution >= 0.6 is 0 Å². The molecule has 0 saturated heterocycles. The molecule has 0 amide bonds. The fourth-order valence-electron chi connectivity index (χ4n) is 4.91. The number of fused-ring (bicyclic) bond motifs is 4. The Hall–Kier alpha value is -2.16. The van der Waals surface area contributed by atoms with Crippen molar-refractivity contribution < 1.29 is 8.83 Å². The lowest BCUT2D eigenvalue weighted by molar-refractivity contribution is 0.332. The first-order chi connectivity index (χ1) is 11.2. The molecule has 5 rings (SSSR count). The van der Waals surface area contributed by atoms with Crippen LogP contribution in [0.3, 0.4) is 0 Å². The average molecular weight is 307 g/mol. The number of rotatable bonds is 1. The van der Waals surface area contributed by atoms with Crippen LogP contribution in [0.25, 0.3) is 11.2 Å². The van der Waals surface area contributed by atoms with Gasteiger partial charge in [0.2, 0.25) is 0 Å². The molecule has 0 N–H and O–H groups in total. The van der Waals surface area contributed by atoms with E-state index < -0.39 is 0 Å². The van der Waals surface area contributed by atoms with E-state index in [9.17, 15) is 0 Å². The maximum atomic E-state index is 6.24. The molecule has 3 heterocycles. The Kier molecular flexibility index (Phi) is 2.56. The summed E-state index contributed by atoms with van der Waals surface area (Å²) >= 11 is 0. The Morgan fingerprint density at radius 3 is 2.70 bits per heavy atom. The zero-order valence-corrected chi connectivity index (χ0v) is 13.6. The maximum absolute atomic E-state index is 6.24. The van der Waals surface area contributed by atoms with Gasteiger partial charge in [-0.15, -0.1) is 0 Å². The van der Waals surface area contributed by atoms with Crippen LogP contribution in [0, 0.1) is 6.92 Å². The molecule has 1 aliphatic heterocycles. The zero-order valence-electron chi connectivity index (χ0n) is 13.6. The van der Waals surface area contributed by atoms with Crippen LogP contribution in [0.5, 0.6) is 0 Å². The summed E-state index contributed by atoms with van der Waals surface area (Å²) in [7, 11) is 0. The van der Waals surface area contributed by atoms with Crippen molar-refractivity contribution in [3.8, 4) is 0 Å². The highest BCUT2D eigenvalue weighted by molar-refractivity contribution is 5.82. The monoisotopic (exact) mass is 307 g/mol. The van der Waals surface area contributed by atoms with Crippen LogP contribution in [0.2, 0.25) is 0 Å². The predicted molar refractivity (Wildman–Crippen MR) is 90.7 cm³/mol. The maximum Gasteiger partial charge on any atom is 0.297 e. The number of nitrogens with zero attached hydrogens (tertiary/aromatic N) is 1. The molecule has 2 aromatic heterocycles. The lowest BCUT2D eigenvalue weighted by Crippen LogP contribution is -2.40. The van der Waals surface area contributed by atoms with E-state index in [4.69, 9.17) is 8.83 Å². The van der Waals surface area contributed by atoms with E-state index in [1.54, 1.807) is 6.26 Å². The van der Waals surface area contributed by atoms with Crippen molar-refractivity contribution in [2.75, 3.05) is 4.90 Å². The Balaban J connectivity index is 1.78. The summed E-state index contributed by atoms with van der Waals surface area (Å²) in [6, 6.07) is 11.1. The SMILES string of the molecule is Cc1ccccc1N1[C@@H](C)c2c(oc3occc23)C12CCCC2. The highest BCUT2D eigenvalue weighted by atomic mass is 16.5. The minimum Gasteiger partial charge on any atom is -0.433 e. The van der Waals surface area contributed by atoms with Gasteiger partial charge in [0.1, 0.15) is 5.76 Å². The van der Waals surface area contributed by atoms with Crippen LogP contribution < -0.4 is 4.90 Å². The Morgan fingerprint density at radius 1 is 1.13 bits per heavy atom. The zero-order chi connectivity index (χ0) is 15.6. The van der Waals surface area contributed by atoms with Gasteiger partial charge in [0.15, 0.2) is 0 Å². The molecule has 3 heteroatoms. The molecule has 0 unspecified atom stereocenters. The van der Waals surface area contributed by atoms with Crippen LogP contribution in [-0.4, -0.2) is 0 Å². The number of aryl methyl sites for hydroxylation is 1. The molecule has 1 fully saturated rings. The molecule has 1 spiro atoms. The smallest absolute Gasteiger partial charge is 0.297 e. The molecule has 3 nitrogen and oxygen atoms in total. The second-order valence-corrected chi connectivity index (χ2v) is 7.04. The number of furan rings is 2. The van der Waals surface area contributed by atoms with Gasteiger partial charge in [-0.3, -0.25) is 0 Å². The van der Waals surface area contributed by atoms with Gasteiger partial charge in [-0.25, -0.2) is 0 Å². The third-order valence-corrected chi connectivity index (χ3v) is 5.85. The number of benzene rings is 1. The number of anilines is 1. The minimum atomic E-state index is 0.00238. The van der Waals surface area contributed by atoms with Gasteiger partial charge >= 0.3 is 0 Å². The third kappa shape index (κ3) is 1.55. The van der Waals surface area contributed by atoms with Crippen molar-refractivity contribution in [2.45, 2.75) is 51.1 Å². The highest BCUT2D eigenvalue weighted by Crippen LogP contribution is 2.59. The Bertz CT molecular complexity index is 882. The molecule has 1 atom stereocenters. The number of hydrogen-bond acceptors (Lipinski definition) is 3. The van der Waals surface area contributed by atoms with Crippen LogP contribution in [0.4, 0.5) is 5.69 Å². The van der Waals surface area contributed by atoms with E-state index in [-0.39, 0.29) is 5.54 Å². The van der Waals surface area contributed by atoms with Crippen molar-refractivity contribution in [1.29, 1.82) is 0 Å². The molecular formula is C20H21NO2. The molecule has 1 saturated carbocycles. The van der Waals surface area contributed by atoms with Gasteiger partial charge in [0.25, 0.3) is 5.78 Å². The van der Waals surface area contributed by atoms with Crippen molar-refractivity contribution in [2.24, 2.45) is 0 Å². The summed E-state index contributed by atoms with van der Waals surface area (Å²) in [6.45, 7) is 4.51. The van der Waals surface area contributed by atoms with Gasteiger partial charge in [0, 0.05) is 11.3 Å². The second kappa shape index (κ2) is 4.44. The fraction of sp³-hybridized carbons (Fsp3) is 0.400. The Labute approximate surface area is 135 Å². The first kappa shape index (κ1) is 13.3. The molecule has 0 radical (unpaired) electrons. The highest BCUT2D eigenvalue weighted by Gasteiger charge is 2.54. The van der Waals surface area contributed by atoms with Crippen LogP contribution in [0.1, 0.15) is 55.5 Å². The first-order valence-corrected chi connectivity index (χ1v) is 8.58. The van der Waals surface area contributed by atoms with Gasteiger partial charge in [0.05, 0.1) is 23.2 Å². The van der Waals surface area contributed by atoms with Crippen LogP contribution in [-0.2, 0) is 5.54 Å². The van der Waals surface area contributed by atoms with Crippen molar-refractivity contribution >= 4 is 16.9 Å². The minimum absolute atomic E-state index is 0.00238. The number of para-hydroxylation sites is 1. The molecule has 1 aromatic carbocycles. The van der Waals surface area contributed by atoms with Gasteiger partial charge in [-0.2, -0.15) is 0 Å². The van der Waals surface area contributed by atoms with E-state index in [0.717, 1.165) is 24.0 Å². The summed E-state index contributed by atoms with van der Waals surface area (Å²) in [5.41, 5.74) is 4.01. The van der Waals surface area contributed by atoms with Gasteiger partial charge in [-0.05, 0) is 44.4 Å². The molecular weight excluding hydrogens is 286 g/mol. The fourth-order valence-corrected chi connectivity index (χ4v) is 4.91. The normalized spacial score (nSPS) is 22.3. The second-order valence-electron chi connectivity index (χ2n) is 7.04. The summed E-state index contributed by atoms with van der Waals surface area (Å²) in [5, 5.41) is 1.15. The van der Waals surface area contributed by atoms with E-state index in [0.29, 0.717) is 11.8 Å². The molecule has 0 bridgehead atoms. The van der Waals surface area contributed by atoms with Crippen molar-refractivity contribution in [3.05, 3.63) is 53.5 Å². The standard InChI is InChI=1S/C20H21NO2/c1-13-7-3-4-8-16(13)21-14(2)17-15-9-12-22-19(15)23-18(17)20(21)10-5-6-11-20/h3-4,7-9,12,14H,5-6,10-11H2,1-2H3/t14-/m0/s1. The summed E-state index contributed by atoms with van der Waals surface area (Å²) in [6.07, 6.45) is 6.58. The van der Waals surface area contributed by atoms with E-state index in [1.807, 2.05) is 0 Å². The van der Waals surface area contributed by atoms with E-state index >= 15 is 0 Å². The quantitative estimate of drug-likeness (QED) is 0.579. The van der Waals surface area contributed by atoms with Gasteiger partial charge in [-0.1, -0.05) is 31.0 Å². The molecule has 23 heavy (non-hydrogen) atoms. The Morgan fingerprint density at radius 2 is 1.91 bits per heavy atom. The molecule has 3 aromatic rings. The van der Waals surface area contributed by atoms with E-state index in [2.05, 4.69) is 49.1 Å². The average Bonchev–Trinajstić information content (AvgIpc) is 3.26. The van der Waals surface area contributed by atoms with Crippen molar-refractivity contribution in [3.63, 3.8) is 0 Å². The lowest BCUT2D eigenvalue weighted by atomic mass is 9.93. The number of hydrogen-bond donors (Lipinski definition) is 0. The van der Waals surface area contributed by atoms with Gasteiger partial charge < -0.3 is 13.7 Å². The third-order valence-electron chi connectivity index (χ3n) is 5.85. The molecule has 118 valence electrons.